The zero-order valence-electron chi connectivity index (χ0n) is 16.2. The molecule has 5 nitrogen and oxygen atoms in total. The van der Waals surface area contributed by atoms with Crippen molar-refractivity contribution in [1.29, 1.82) is 0 Å². The van der Waals surface area contributed by atoms with Crippen molar-refractivity contribution in [1.82, 2.24) is 0 Å². The van der Waals surface area contributed by atoms with Crippen molar-refractivity contribution in [2.75, 3.05) is 4.90 Å². The molecular weight excluding hydrogens is 414 g/mol. The van der Waals surface area contributed by atoms with E-state index in [-0.39, 0.29) is 11.3 Å². The quantitative estimate of drug-likeness (QED) is 0.412. The van der Waals surface area contributed by atoms with Gasteiger partial charge in [-0.15, -0.1) is 0 Å². The Balaban J connectivity index is 1.67. The van der Waals surface area contributed by atoms with E-state index in [1.807, 2.05) is 36.4 Å². The summed E-state index contributed by atoms with van der Waals surface area (Å²) in [5, 5.41) is 12.0. The summed E-state index contributed by atoms with van der Waals surface area (Å²) in [5.74, 6) is -1.75. The van der Waals surface area contributed by atoms with Crippen LogP contribution in [0.5, 0.6) is 0 Å². The Morgan fingerprint density at radius 1 is 0.935 bits per heavy atom. The summed E-state index contributed by atoms with van der Waals surface area (Å²) in [4.78, 5) is 28.0. The van der Waals surface area contributed by atoms with Gasteiger partial charge in [-0.2, -0.15) is 0 Å². The predicted octanol–water partition coefficient (Wildman–Crippen LogP) is 5.87. The number of nitrogens with zero attached hydrogens (tertiary/aromatic N) is 1. The van der Waals surface area contributed by atoms with Crippen LogP contribution in [0, 0.1) is 0 Å². The van der Waals surface area contributed by atoms with Gasteiger partial charge in [0.1, 0.15) is 5.58 Å². The first kappa shape index (κ1) is 19.2. The Morgan fingerprint density at radius 3 is 2.42 bits per heavy atom. The van der Waals surface area contributed by atoms with Crippen LogP contribution >= 0.6 is 11.6 Å². The second-order valence-electron chi connectivity index (χ2n) is 7.21. The Morgan fingerprint density at radius 2 is 1.68 bits per heavy atom. The maximum atomic E-state index is 13.5. The van der Waals surface area contributed by atoms with Crippen LogP contribution in [0.15, 0.2) is 101 Å². The minimum atomic E-state index is -0.826. The number of carbonyl (C=O) groups excluding carboxylic acids is 2. The van der Waals surface area contributed by atoms with E-state index in [9.17, 15) is 14.7 Å². The first-order valence-electron chi connectivity index (χ1n) is 9.65. The summed E-state index contributed by atoms with van der Waals surface area (Å²) in [6.07, 6.45) is 0. The number of carbonyl (C=O) groups is 2. The fourth-order valence-electron chi connectivity index (χ4n) is 3.91. The fourth-order valence-corrected chi connectivity index (χ4v) is 4.09. The van der Waals surface area contributed by atoms with Crippen molar-refractivity contribution in [3.63, 3.8) is 0 Å². The Bertz CT molecular complexity index is 1320. The number of fused-ring (bicyclic) bond motifs is 1. The molecule has 0 saturated heterocycles. The topological polar surface area (TPSA) is 70.8 Å². The molecule has 0 aliphatic carbocycles. The third kappa shape index (κ3) is 3.20. The van der Waals surface area contributed by atoms with Crippen LogP contribution in [0.25, 0.3) is 11.0 Å². The fraction of sp³-hybridized carbons (Fsp3) is 0.0400. The van der Waals surface area contributed by atoms with Crippen LogP contribution in [0.3, 0.4) is 0 Å². The number of benzene rings is 3. The molecule has 6 heteroatoms. The van der Waals surface area contributed by atoms with E-state index in [0.29, 0.717) is 21.9 Å². The molecule has 1 aliphatic rings. The Hall–Kier alpha value is -3.83. The van der Waals surface area contributed by atoms with Gasteiger partial charge in [0.25, 0.3) is 5.91 Å². The highest BCUT2D eigenvalue weighted by Gasteiger charge is 2.45. The van der Waals surface area contributed by atoms with Crippen molar-refractivity contribution >= 4 is 39.9 Å². The number of Topliss-reactive ketones (excluding diaryl/α,β-unsaturated/α-hetero) is 1. The summed E-state index contributed by atoms with van der Waals surface area (Å²) in [6, 6.07) is 23.8. The molecule has 0 radical (unpaired) electrons. The molecule has 1 N–H and O–H groups in total. The number of aliphatic hydroxyl groups is 1. The predicted molar refractivity (Wildman–Crippen MR) is 118 cm³/mol. The van der Waals surface area contributed by atoms with Gasteiger partial charge in [-0.3, -0.25) is 14.5 Å². The van der Waals surface area contributed by atoms with Gasteiger partial charge in [-0.05, 0) is 35.9 Å². The maximum absolute atomic E-state index is 13.5. The Labute approximate surface area is 182 Å². The first-order valence-corrected chi connectivity index (χ1v) is 10.0. The van der Waals surface area contributed by atoms with Crippen molar-refractivity contribution < 1.29 is 19.1 Å². The van der Waals surface area contributed by atoms with Gasteiger partial charge in [0.15, 0.2) is 11.5 Å². The van der Waals surface area contributed by atoms with Gasteiger partial charge in [0.05, 0.1) is 11.6 Å². The first-order chi connectivity index (χ1) is 15.0. The van der Waals surface area contributed by atoms with E-state index in [0.717, 1.165) is 5.39 Å². The number of aliphatic hydroxyl groups excluding tert-OH is 1. The number of anilines is 1. The van der Waals surface area contributed by atoms with Crippen molar-refractivity contribution in [3.05, 3.63) is 113 Å². The molecule has 2 heterocycles. The molecule has 1 aromatic heterocycles. The average molecular weight is 430 g/mol. The van der Waals surface area contributed by atoms with E-state index in [2.05, 4.69) is 0 Å². The van der Waals surface area contributed by atoms with Gasteiger partial charge < -0.3 is 9.52 Å². The standard InChI is InChI=1S/C25H16ClNO4/c26-17-10-6-11-18(14-17)27-22(15-7-2-1-3-8-15)21(24(29)25(27)30)23(28)20-13-16-9-4-5-12-19(16)31-20/h1-14,22,29H. The summed E-state index contributed by atoms with van der Waals surface area (Å²) in [7, 11) is 0. The van der Waals surface area contributed by atoms with Crippen molar-refractivity contribution in [3.8, 4) is 0 Å². The number of ketones is 1. The molecule has 31 heavy (non-hydrogen) atoms. The zero-order chi connectivity index (χ0) is 21.5. The lowest BCUT2D eigenvalue weighted by molar-refractivity contribution is -0.117. The van der Waals surface area contributed by atoms with Crippen LogP contribution in [-0.2, 0) is 4.79 Å². The second kappa shape index (κ2) is 7.45. The van der Waals surface area contributed by atoms with E-state index in [4.69, 9.17) is 16.0 Å². The molecule has 1 atom stereocenters. The molecule has 0 bridgehead atoms. The van der Waals surface area contributed by atoms with Crippen molar-refractivity contribution in [2.45, 2.75) is 6.04 Å². The van der Waals surface area contributed by atoms with Crippen LogP contribution in [0.4, 0.5) is 5.69 Å². The Kier molecular flexibility index (Phi) is 4.60. The number of halogens is 1. The molecular formula is C25H16ClNO4. The van der Waals surface area contributed by atoms with E-state index >= 15 is 0 Å². The third-order valence-electron chi connectivity index (χ3n) is 5.30. The largest absolute Gasteiger partial charge is 0.503 e. The summed E-state index contributed by atoms with van der Waals surface area (Å²) in [5.41, 5.74) is 1.68. The summed E-state index contributed by atoms with van der Waals surface area (Å²) in [6.45, 7) is 0. The smallest absolute Gasteiger partial charge is 0.294 e. The maximum Gasteiger partial charge on any atom is 0.294 e. The highest BCUT2D eigenvalue weighted by atomic mass is 35.5. The lowest BCUT2D eigenvalue weighted by Gasteiger charge is -2.26. The molecule has 152 valence electrons. The molecule has 0 spiro atoms. The molecule has 1 aliphatic heterocycles. The number of furan rings is 1. The average Bonchev–Trinajstić information content (AvgIpc) is 3.33. The van der Waals surface area contributed by atoms with E-state index in [1.54, 1.807) is 48.5 Å². The van der Waals surface area contributed by atoms with E-state index < -0.39 is 23.5 Å². The summed E-state index contributed by atoms with van der Waals surface area (Å²) < 4.78 is 5.72. The van der Waals surface area contributed by atoms with Crippen LogP contribution in [-0.4, -0.2) is 16.8 Å². The SMILES string of the molecule is O=C(C1=C(O)C(=O)N(c2cccc(Cl)c2)C1c1ccccc1)c1cc2ccccc2o1. The number of rotatable bonds is 4. The molecule has 1 unspecified atom stereocenters. The molecule has 5 rings (SSSR count). The molecule has 3 aromatic carbocycles. The second-order valence-corrected chi connectivity index (χ2v) is 7.64. The van der Waals surface area contributed by atoms with Gasteiger partial charge >= 0.3 is 0 Å². The lowest BCUT2D eigenvalue weighted by Crippen LogP contribution is -2.31. The molecule has 1 amide bonds. The van der Waals surface area contributed by atoms with Gasteiger partial charge in [0, 0.05) is 16.1 Å². The minimum absolute atomic E-state index is 0.0322. The minimum Gasteiger partial charge on any atom is -0.503 e. The molecule has 4 aromatic rings. The number of hydrogen-bond acceptors (Lipinski definition) is 4. The zero-order valence-corrected chi connectivity index (χ0v) is 16.9. The number of hydrogen-bond donors (Lipinski definition) is 1. The van der Waals surface area contributed by atoms with Crippen LogP contribution < -0.4 is 4.90 Å². The molecule has 0 fully saturated rings. The lowest BCUT2D eigenvalue weighted by atomic mass is 9.95. The normalized spacial score (nSPS) is 16.4. The van der Waals surface area contributed by atoms with Crippen LogP contribution in [0.1, 0.15) is 22.2 Å². The van der Waals surface area contributed by atoms with Crippen molar-refractivity contribution in [2.24, 2.45) is 0 Å². The summed E-state index contributed by atoms with van der Waals surface area (Å²) >= 11 is 6.15. The molecule has 0 saturated carbocycles. The highest BCUT2D eigenvalue weighted by molar-refractivity contribution is 6.31. The highest BCUT2D eigenvalue weighted by Crippen LogP contribution is 2.42. The number of amides is 1. The third-order valence-corrected chi connectivity index (χ3v) is 5.54. The number of para-hydroxylation sites is 1. The van der Waals surface area contributed by atoms with Crippen LogP contribution in [0.2, 0.25) is 5.02 Å². The van der Waals surface area contributed by atoms with E-state index in [1.165, 1.54) is 4.90 Å². The van der Waals surface area contributed by atoms with Gasteiger partial charge in [-0.25, -0.2) is 0 Å². The van der Waals surface area contributed by atoms with Gasteiger partial charge in [-0.1, -0.05) is 66.2 Å². The monoisotopic (exact) mass is 429 g/mol. The van der Waals surface area contributed by atoms with Gasteiger partial charge in [0.2, 0.25) is 5.78 Å².